The molecule has 1 aromatic carbocycles. The number of nitrogens with zero attached hydrogens (tertiary/aromatic N) is 4. The molecule has 1 aliphatic rings. The van der Waals surface area contributed by atoms with Crippen LogP contribution < -0.4 is 5.32 Å². The quantitative estimate of drug-likeness (QED) is 0.393. The van der Waals surface area contributed by atoms with Gasteiger partial charge in [-0.1, -0.05) is 56.3 Å². The molecule has 2 aromatic rings. The second-order valence-electron chi connectivity index (χ2n) is 8.29. The highest BCUT2D eigenvalue weighted by atomic mass is 127. The van der Waals surface area contributed by atoms with E-state index >= 15 is 0 Å². The predicted molar refractivity (Wildman–Crippen MR) is 123 cm³/mol. The summed E-state index contributed by atoms with van der Waals surface area (Å²) in [5.74, 6) is 2.99. The normalized spacial score (nSPS) is 16.0. The number of rotatable bonds is 4. The fourth-order valence-electron chi connectivity index (χ4n) is 3.42. The lowest BCUT2D eigenvalue weighted by atomic mass is 9.90. The topological polar surface area (TPSA) is 66.5 Å². The Morgan fingerprint density at radius 2 is 1.89 bits per heavy atom. The molecule has 1 fully saturated rings. The van der Waals surface area contributed by atoms with Gasteiger partial charge >= 0.3 is 0 Å². The molecule has 0 unspecified atom stereocenters. The lowest BCUT2D eigenvalue weighted by Gasteiger charge is -2.34. The van der Waals surface area contributed by atoms with Gasteiger partial charge in [-0.2, -0.15) is 4.98 Å². The van der Waals surface area contributed by atoms with E-state index < -0.39 is 0 Å². The van der Waals surface area contributed by atoms with Crippen molar-refractivity contribution >= 4 is 29.9 Å². The van der Waals surface area contributed by atoms with E-state index in [2.05, 4.69) is 76.5 Å². The smallest absolute Gasteiger partial charge is 0.232 e. The monoisotopic (exact) mass is 497 g/mol. The van der Waals surface area contributed by atoms with Gasteiger partial charge in [0.05, 0.1) is 6.54 Å². The number of benzene rings is 1. The van der Waals surface area contributed by atoms with E-state index in [9.17, 15) is 0 Å². The number of aliphatic imine (C=N–C) groups is 1. The highest BCUT2D eigenvalue weighted by molar-refractivity contribution is 14.0. The van der Waals surface area contributed by atoms with Crippen molar-refractivity contribution in [3.05, 3.63) is 47.6 Å². The molecule has 3 rings (SSSR count). The third-order valence-electron chi connectivity index (χ3n) is 5.01. The molecular formula is C21H32IN5O. The van der Waals surface area contributed by atoms with Crippen LogP contribution in [0.1, 0.15) is 50.9 Å². The summed E-state index contributed by atoms with van der Waals surface area (Å²) in [5, 5.41) is 7.45. The van der Waals surface area contributed by atoms with Gasteiger partial charge < -0.3 is 14.7 Å². The van der Waals surface area contributed by atoms with Gasteiger partial charge in [-0.05, 0) is 30.7 Å². The fourth-order valence-corrected chi connectivity index (χ4v) is 3.42. The Morgan fingerprint density at radius 3 is 2.46 bits per heavy atom. The second-order valence-corrected chi connectivity index (χ2v) is 8.29. The summed E-state index contributed by atoms with van der Waals surface area (Å²) in [7, 11) is 1.83. The number of piperidine rings is 1. The van der Waals surface area contributed by atoms with Gasteiger partial charge in [-0.15, -0.1) is 24.0 Å². The van der Waals surface area contributed by atoms with Crippen LogP contribution in [0.5, 0.6) is 0 Å². The molecule has 0 spiro atoms. The average Bonchev–Trinajstić information content (AvgIpc) is 3.14. The molecule has 0 saturated carbocycles. The Hall–Kier alpha value is -1.64. The van der Waals surface area contributed by atoms with Crippen LogP contribution in [-0.4, -0.2) is 41.1 Å². The van der Waals surface area contributed by atoms with E-state index in [1.54, 1.807) is 0 Å². The zero-order chi connectivity index (χ0) is 19.3. The van der Waals surface area contributed by atoms with Gasteiger partial charge in [0.2, 0.25) is 5.89 Å². The molecule has 0 atom stereocenters. The number of aromatic nitrogens is 2. The summed E-state index contributed by atoms with van der Waals surface area (Å²) in [6, 6.07) is 10.8. The number of nitrogens with one attached hydrogen (secondary N) is 1. The molecule has 28 heavy (non-hydrogen) atoms. The number of hydrogen-bond acceptors (Lipinski definition) is 4. The minimum atomic E-state index is -0.131. The van der Waals surface area contributed by atoms with Crippen molar-refractivity contribution in [3.8, 4) is 0 Å². The van der Waals surface area contributed by atoms with Crippen molar-refractivity contribution in [1.29, 1.82) is 0 Å². The van der Waals surface area contributed by atoms with Crippen molar-refractivity contribution in [2.24, 2.45) is 10.9 Å². The van der Waals surface area contributed by atoms with E-state index in [1.165, 1.54) is 24.8 Å². The molecule has 1 N–H and O–H groups in total. The van der Waals surface area contributed by atoms with Crippen LogP contribution in [0.4, 0.5) is 0 Å². The number of guanidine groups is 1. The van der Waals surface area contributed by atoms with Crippen molar-refractivity contribution in [2.75, 3.05) is 20.1 Å². The molecule has 7 heteroatoms. The summed E-state index contributed by atoms with van der Waals surface area (Å²) in [5.41, 5.74) is 1.30. The van der Waals surface area contributed by atoms with Crippen LogP contribution in [0.2, 0.25) is 0 Å². The first-order valence-electron chi connectivity index (χ1n) is 9.78. The lowest BCUT2D eigenvalue weighted by molar-refractivity contribution is 0.258. The Bertz CT molecular complexity index is 746. The SMILES string of the molecule is CN=C(NCc1noc(C(C)(C)C)n1)N1CCC(Cc2ccccc2)CC1.I. The fraction of sp³-hybridized carbons (Fsp3) is 0.571. The molecule has 154 valence electrons. The summed E-state index contributed by atoms with van der Waals surface area (Å²) < 4.78 is 5.36. The van der Waals surface area contributed by atoms with Crippen LogP contribution in [0.15, 0.2) is 39.8 Å². The minimum Gasteiger partial charge on any atom is -0.349 e. The Labute approximate surface area is 185 Å². The molecular weight excluding hydrogens is 465 g/mol. The van der Waals surface area contributed by atoms with Crippen LogP contribution in [-0.2, 0) is 18.4 Å². The number of hydrogen-bond donors (Lipinski definition) is 1. The maximum atomic E-state index is 5.36. The molecule has 1 aliphatic heterocycles. The van der Waals surface area contributed by atoms with E-state index in [0.29, 0.717) is 18.3 Å². The first-order chi connectivity index (χ1) is 13.0. The summed E-state index contributed by atoms with van der Waals surface area (Å²) in [6.45, 7) is 8.77. The lowest BCUT2D eigenvalue weighted by Crippen LogP contribution is -2.45. The van der Waals surface area contributed by atoms with Gasteiger partial charge in [-0.3, -0.25) is 4.99 Å². The number of halogens is 1. The van der Waals surface area contributed by atoms with Gasteiger partial charge in [-0.25, -0.2) is 0 Å². The Morgan fingerprint density at radius 1 is 1.21 bits per heavy atom. The largest absolute Gasteiger partial charge is 0.349 e. The first-order valence-corrected chi connectivity index (χ1v) is 9.78. The maximum Gasteiger partial charge on any atom is 0.232 e. The zero-order valence-corrected chi connectivity index (χ0v) is 19.6. The van der Waals surface area contributed by atoms with Crippen LogP contribution in [0, 0.1) is 5.92 Å². The van der Waals surface area contributed by atoms with Gasteiger partial charge in [0.1, 0.15) is 0 Å². The van der Waals surface area contributed by atoms with E-state index in [-0.39, 0.29) is 29.4 Å². The first kappa shape index (κ1) is 22.6. The summed E-state index contributed by atoms with van der Waals surface area (Å²) in [4.78, 5) is 11.2. The van der Waals surface area contributed by atoms with Crippen molar-refractivity contribution in [2.45, 2.75) is 52.0 Å². The van der Waals surface area contributed by atoms with Crippen molar-refractivity contribution in [3.63, 3.8) is 0 Å². The number of likely N-dealkylation sites (tertiary alicyclic amines) is 1. The molecule has 2 heterocycles. The second kappa shape index (κ2) is 10.2. The van der Waals surface area contributed by atoms with Crippen LogP contribution in [0.3, 0.4) is 0 Å². The molecule has 6 nitrogen and oxygen atoms in total. The average molecular weight is 497 g/mol. The van der Waals surface area contributed by atoms with Gasteiger partial charge in [0.25, 0.3) is 0 Å². The molecule has 0 amide bonds. The summed E-state index contributed by atoms with van der Waals surface area (Å²) in [6.07, 6.45) is 3.54. The third-order valence-corrected chi connectivity index (χ3v) is 5.01. The predicted octanol–water partition coefficient (Wildman–Crippen LogP) is 4.02. The maximum absolute atomic E-state index is 5.36. The van der Waals surface area contributed by atoms with Crippen molar-refractivity contribution < 1.29 is 4.52 Å². The van der Waals surface area contributed by atoms with Gasteiger partial charge in [0, 0.05) is 25.6 Å². The van der Waals surface area contributed by atoms with E-state index in [1.807, 2.05) is 7.05 Å². The molecule has 1 saturated heterocycles. The van der Waals surface area contributed by atoms with Gasteiger partial charge in [0.15, 0.2) is 11.8 Å². The highest BCUT2D eigenvalue weighted by Crippen LogP contribution is 2.22. The summed E-state index contributed by atoms with van der Waals surface area (Å²) >= 11 is 0. The van der Waals surface area contributed by atoms with E-state index in [4.69, 9.17) is 4.52 Å². The third kappa shape index (κ3) is 6.18. The molecule has 0 aliphatic carbocycles. The van der Waals surface area contributed by atoms with Crippen molar-refractivity contribution in [1.82, 2.24) is 20.4 Å². The molecule has 1 aromatic heterocycles. The molecule has 0 radical (unpaired) electrons. The standard InChI is InChI=1S/C21H31N5O.HI/c1-21(2,3)19-24-18(25-27-19)15-23-20(22-4)26-12-10-17(11-13-26)14-16-8-6-5-7-9-16;/h5-9,17H,10-15H2,1-4H3,(H,22,23);1H. The van der Waals surface area contributed by atoms with Crippen LogP contribution in [0.25, 0.3) is 0 Å². The highest BCUT2D eigenvalue weighted by Gasteiger charge is 2.23. The molecule has 0 bridgehead atoms. The van der Waals surface area contributed by atoms with Crippen LogP contribution >= 0.6 is 24.0 Å². The minimum absolute atomic E-state index is 0. The Balaban J connectivity index is 0.00000280. The van der Waals surface area contributed by atoms with E-state index in [0.717, 1.165) is 25.0 Å². The zero-order valence-electron chi connectivity index (χ0n) is 17.3. The Kier molecular flexibility index (Phi) is 8.27.